The van der Waals surface area contributed by atoms with Crippen LogP contribution in [0.15, 0.2) is 48.5 Å². The fraction of sp³-hybridized carbons (Fsp3) is 0.440. The molecule has 0 saturated carbocycles. The molecule has 33 heavy (non-hydrogen) atoms. The van der Waals surface area contributed by atoms with E-state index in [0.29, 0.717) is 18.4 Å². The van der Waals surface area contributed by atoms with Crippen LogP contribution in [-0.4, -0.2) is 34.9 Å². The van der Waals surface area contributed by atoms with E-state index in [-0.39, 0.29) is 24.2 Å². The lowest BCUT2D eigenvalue weighted by atomic mass is 9.75. The third kappa shape index (κ3) is 6.89. The standard InChI is InChI=1S/C25H32BFN2O4/c1-16(2)13-23(26(32)33)29-24(30)15-22(18-9-5-10-19(27)14-18)28-25(31)21-12-6-8-17-7-3-4-11-20(17)21/h3-5,7,9-11,14,16,21-23,32-33H,6,8,12-13,15H2,1-2H3,(H,28,31)(H,29,30). The van der Waals surface area contributed by atoms with Crippen LogP contribution in [0.5, 0.6) is 0 Å². The minimum Gasteiger partial charge on any atom is -0.426 e. The summed E-state index contributed by atoms with van der Waals surface area (Å²) in [6.07, 6.45) is 2.77. The molecule has 6 nitrogen and oxygen atoms in total. The molecule has 0 bridgehead atoms. The summed E-state index contributed by atoms with van der Waals surface area (Å²) in [6, 6.07) is 12.9. The van der Waals surface area contributed by atoms with Crippen molar-refractivity contribution in [2.75, 3.05) is 0 Å². The molecule has 2 aromatic carbocycles. The van der Waals surface area contributed by atoms with Crippen LogP contribution in [-0.2, 0) is 16.0 Å². The molecule has 3 rings (SSSR count). The summed E-state index contributed by atoms with van der Waals surface area (Å²) < 4.78 is 13.9. The summed E-state index contributed by atoms with van der Waals surface area (Å²) in [5, 5.41) is 24.9. The maximum Gasteiger partial charge on any atom is 0.475 e. The van der Waals surface area contributed by atoms with Crippen LogP contribution < -0.4 is 10.6 Å². The van der Waals surface area contributed by atoms with Crippen molar-refractivity contribution in [1.29, 1.82) is 0 Å². The van der Waals surface area contributed by atoms with Crippen LogP contribution in [0.4, 0.5) is 4.39 Å². The van der Waals surface area contributed by atoms with E-state index in [9.17, 15) is 24.0 Å². The van der Waals surface area contributed by atoms with Gasteiger partial charge in [-0.25, -0.2) is 4.39 Å². The molecule has 0 aliphatic heterocycles. The normalized spacial score (nSPS) is 17.1. The Bertz CT molecular complexity index is 969. The number of carbonyl (C=O) groups excluding carboxylic acids is 2. The highest BCUT2D eigenvalue weighted by Crippen LogP contribution is 2.32. The number of fused-ring (bicyclic) bond motifs is 1. The maximum atomic E-state index is 13.9. The molecule has 0 aromatic heterocycles. The van der Waals surface area contributed by atoms with Gasteiger partial charge in [-0.2, -0.15) is 0 Å². The first kappa shape index (κ1) is 24.9. The van der Waals surface area contributed by atoms with Crippen LogP contribution in [0.2, 0.25) is 0 Å². The third-order valence-electron chi connectivity index (χ3n) is 6.07. The fourth-order valence-corrected chi connectivity index (χ4v) is 4.49. The molecule has 2 amide bonds. The Kier molecular flexibility index (Phi) is 8.64. The van der Waals surface area contributed by atoms with Crippen molar-refractivity contribution in [3.8, 4) is 0 Å². The molecule has 1 aliphatic carbocycles. The number of carbonyl (C=O) groups is 2. The topological polar surface area (TPSA) is 98.7 Å². The Morgan fingerprint density at radius 3 is 2.58 bits per heavy atom. The monoisotopic (exact) mass is 454 g/mol. The van der Waals surface area contributed by atoms with Crippen molar-refractivity contribution >= 4 is 18.9 Å². The predicted molar refractivity (Wildman–Crippen MR) is 126 cm³/mol. The molecule has 176 valence electrons. The van der Waals surface area contributed by atoms with E-state index in [1.165, 1.54) is 18.2 Å². The summed E-state index contributed by atoms with van der Waals surface area (Å²) in [6.45, 7) is 3.83. The number of hydrogen-bond acceptors (Lipinski definition) is 4. The molecule has 3 atom stereocenters. The predicted octanol–water partition coefficient (Wildman–Crippen LogP) is 3.04. The minimum absolute atomic E-state index is 0.141. The zero-order valence-electron chi connectivity index (χ0n) is 19.1. The van der Waals surface area contributed by atoms with Gasteiger partial charge >= 0.3 is 7.12 Å². The zero-order valence-corrected chi connectivity index (χ0v) is 19.1. The highest BCUT2D eigenvalue weighted by molar-refractivity contribution is 6.43. The van der Waals surface area contributed by atoms with Crippen molar-refractivity contribution in [2.45, 2.75) is 63.9 Å². The fourth-order valence-electron chi connectivity index (χ4n) is 4.49. The van der Waals surface area contributed by atoms with E-state index < -0.39 is 30.8 Å². The van der Waals surface area contributed by atoms with Gasteiger partial charge in [0.15, 0.2) is 0 Å². The van der Waals surface area contributed by atoms with Gasteiger partial charge in [0.25, 0.3) is 0 Å². The molecule has 3 unspecified atom stereocenters. The van der Waals surface area contributed by atoms with Gasteiger partial charge in [-0.15, -0.1) is 0 Å². The lowest BCUT2D eigenvalue weighted by molar-refractivity contribution is -0.125. The van der Waals surface area contributed by atoms with Crippen LogP contribution in [0.25, 0.3) is 0 Å². The number of halogens is 1. The molecule has 0 radical (unpaired) electrons. The average Bonchev–Trinajstić information content (AvgIpc) is 2.77. The lowest BCUT2D eigenvalue weighted by Crippen LogP contribution is -2.48. The zero-order chi connectivity index (χ0) is 24.0. The van der Waals surface area contributed by atoms with E-state index in [0.717, 1.165) is 24.0 Å². The number of rotatable bonds is 9. The van der Waals surface area contributed by atoms with E-state index in [1.807, 2.05) is 38.1 Å². The van der Waals surface area contributed by atoms with Gasteiger partial charge < -0.3 is 20.7 Å². The molecule has 2 aromatic rings. The van der Waals surface area contributed by atoms with Crippen molar-refractivity contribution in [1.82, 2.24) is 10.6 Å². The Hall–Kier alpha value is -2.71. The summed E-state index contributed by atoms with van der Waals surface area (Å²) in [5.74, 6) is -2.13. The van der Waals surface area contributed by atoms with E-state index in [1.54, 1.807) is 6.07 Å². The smallest absolute Gasteiger partial charge is 0.426 e. The van der Waals surface area contributed by atoms with Crippen molar-refractivity contribution in [3.05, 3.63) is 71.0 Å². The highest BCUT2D eigenvalue weighted by atomic mass is 19.1. The average molecular weight is 454 g/mol. The van der Waals surface area contributed by atoms with Gasteiger partial charge in [0, 0.05) is 0 Å². The molecule has 1 aliphatic rings. The Balaban J connectivity index is 1.78. The number of nitrogens with one attached hydrogen (secondary N) is 2. The second kappa shape index (κ2) is 11.4. The highest BCUT2D eigenvalue weighted by Gasteiger charge is 2.31. The van der Waals surface area contributed by atoms with Gasteiger partial charge in [-0.3, -0.25) is 9.59 Å². The molecule has 0 spiro atoms. The number of benzene rings is 2. The summed E-state index contributed by atoms with van der Waals surface area (Å²) in [5.41, 5.74) is 2.62. The van der Waals surface area contributed by atoms with Crippen molar-refractivity contribution in [3.63, 3.8) is 0 Å². The molecular formula is C25H32BFN2O4. The first-order valence-corrected chi connectivity index (χ1v) is 11.5. The Labute approximate surface area is 194 Å². The molecule has 8 heteroatoms. The summed E-state index contributed by atoms with van der Waals surface area (Å²) in [4.78, 5) is 26.1. The molecular weight excluding hydrogens is 422 g/mol. The van der Waals surface area contributed by atoms with Crippen LogP contribution in [0.3, 0.4) is 0 Å². The van der Waals surface area contributed by atoms with Crippen LogP contribution >= 0.6 is 0 Å². The van der Waals surface area contributed by atoms with E-state index in [4.69, 9.17) is 0 Å². The van der Waals surface area contributed by atoms with Crippen molar-refractivity contribution < 1.29 is 24.0 Å². The van der Waals surface area contributed by atoms with Gasteiger partial charge in [0.1, 0.15) is 5.82 Å². The molecule has 0 fully saturated rings. The number of aryl methyl sites for hydroxylation is 1. The maximum absolute atomic E-state index is 13.9. The van der Waals surface area contributed by atoms with Crippen LogP contribution in [0.1, 0.15) is 68.2 Å². The Morgan fingerprint density at radius 2 is 1.88 bits per heavy atom. The number of amides is 2. The largest absolute Gasteiger partial charge is 0.475 e. The second-order valence-corrected chi connectivity index (χ2v) is 9.18. The van der Waals surface area contributed by atoms with Crippen LogP contribution in [0, 0.1) is 11.7 Å². The SMILES string of the molecule is CC(C)CC(NC(=O)CC(NC(=O)C1CCCc2ccccc21)c1cccc(F)c1)B(O)O. The summed E-state index contributed by atoms with van der Waals surface area (Å²) in [7, 11) is -1.70. The van der Waals surface area contributed by atoms with Crippen molar-refractivity contribution in [2.24, 2.45) is 5.92 Å². The van der Waals surface area contributed by atoms with E-state index in [2.05, 4.69) is 10.6 Å². The third-order valence-corrected chi connectivity index (χ3v) is 6.07. The number of hydrogen-bond donors (Lipinski definition) is 4. The minimum atomic E-state index is -1.70. The second-order valence-electron chi connectivity index (χ2n) is 9.18. The van der Waals surface area contributed by atoms with Gasteiger partial charge in [-0.1, -0.05) is 50.2 Å². The molecule has 0 heterocycles. The first-order chi connectivity index (χ1) is 15.7. The van der Waals surface area contributed by atoms with Gasteiger partial charge in [-0.05, 0) is 60.4 Å². The molecule has 4 N–H and O–H groups in total. The Morgan fingerprint density at radius 1 is 1.12 bits per heavy atom. The van der Waals surface area contributed by atoms with E-state index >= 15 is 0 Å². The van der Waals surface area contributed by atoms with Gasteiger partial charge in [0.05, 0.1) is 24.3 Å². The quantitative estimate of drug-likeness (QED) is 0.438. The molecule has 0 saturated heterocycles. The first-order valence-electron chi connectivity index (χ1n) is 11.5. The summed E-state index contributed by atoms with van der Waals surface area (Å²) >= 11 is 0. The lowest BCUT2D eigenvalue weighted by Gasteiger charge is -2.28. The van der Waals surface area contributed by atoms with Gasteiger partial charge in [0.2, 0.25) is 11.8 Å².